The van der Waals surface area contributed by atoms with Gasteiger partial charge in [-0.1, -0.05) is 26.2 Å². The Labute approximate surface area is 139 Å². The van der Waals surface area contributed by atoms with E-state index in [0.717, 1.165) is 16.5 Å². The summed E-state index contributed by atoms with van der Waals surface area (Å²) >= 11 is 8.98. The lowest BCUT2D eigenvalue weighted by atomic mass is 9.79. The predicted molar refractivity (Wildman–Crippen MR) is 91.7 cm³/mol. The molecule has 0 aromatic heterocycles. The van der Waals surface area contributed by atoms with Gasteiger partial charge in [-0.2, -0.15) is 0 Å². The number of rotatable bonds is 5. The van der Waals surface area contributed by atoms with Crippen molar-refractivity contribution in [3.63, 3.8) is 0 Å². The van der Waals surface area contributed by atoms with Gasteiger partial charge in [-0.25, -0.2) is 0 Å². The lowest BCUT2D eigenvalue weighted by Gasteiger charge is -2.38. The summed E-state index contributed by atoms with van der Waals surface area (Å²) in [5.74, 6) is 0. The van der Waals surface area contributed by atoms with Gasteiger partial charge in [-0.15, -0.1) is 0 Å². The minimum Gasteiger partial charge on any atom is -0.398 e. The molecule has 3 nitrogen and oxygen atoms in total. The highest BCUT2D eigenvalue weighted by atomic mass is 79.9. The molecule has 1 aliphatic rings. The van der Waals surface area contributed by atoms with Gasteiger partial charge in [0, 0.05) is 22.1 Å². The highest BCUT2D eigenvalue weighted by Crippen LogP contribution is 2.32. The second-order valence-electron chi connectivity index (χ2n) is 5.85. The van der Waals surface area contributed by atoms with Crippen molar-refractivity contribution in [1.82, 2.24) is 5.32 Å². The normalized spacial score (nSPS) is 17.7. The van der Waals surface area contributed by atoms with Gasteiger partial charge in [0.05, 0.1) is 5.69 Å². The Morgan fingerprint density at radius 2 is 2.05 bits per heavy atom. The summed E-state index contributed by atoms with van der Waals surface area (Å²) in [5, 5.41) is 3.22. The van der Waals surface area contributed by atoms with Crippen LogP contribution in [0.3, 0.4) is 0 Å². The molecule has 3 N–H and O–H groups in total. The van der Waals surface area contributed by atoms with E-state index in [1.54, 1.807) is 12.1 Å². The number of nitrogens with one attached hydrogen (secondary N) is 1. The standard InChI is InChI=1S/C16H22BrClN2O/c1-2-16(6-4-3-5-7-16)20-10-12-8-11(15(18)21)9-13(17)14(12)19/h8-9,20H,2-7,10,19H2,1H3. The largest absolute Gasteiger partial charge is 0.398 e. The van der Waals surface area contributed by atoms with Crippen molar-refractivity contribution < 1.29 is 4.79 Å². The van der Waals surface area contributed by atoms with E-state index < -0.39 is 5.24 Å². The molecule has 2 rings (SSSR count). The zero-order valence-electron chi connectivity index (χ0n) is 12.3. The molecule has 1 aliphatic carbocycles. The smallest absolute Gasteiger partial charge is 0.252 e. The molecular formula is C16H22BrClN2O. The monoisotopic (exact) mass is 372 g/mol. The first-order valence-electron chi connectivity index (χ1n) is 7.50. The van der Waals surface area contributed by atoms with Crippen LogP contribution in [0.5, 0.6) is 0 Å². The van der Waals surface area contributed by atoms with Crippen molar-refractivity contribution in [3.05, 3.63) is 27.7 Å². The summed E-state index contributed by atoms with van der Waals surface area (Å²) in [5.41, 5.74) is 8.39. The topological polar surface area (TPSA) is 55.1 Å². The van der Waals surface area contributed by atoms with Crippen LogP contribution < -0.4 is 11.1 Å². The van der Waals surface area contributed by atoms with E-state index >= 15 is 0 Å². The minimum absolute atomic E-state index is 0.206. The zero-order valence-corrected chi connectivity index (χ0v) is 14.7. The summed E-state index contributed by atoms with van der Waals surface area (Å²) in [6.07, 6.45) is 7.41. The molecule has 0 saturated heterocycles. The third-order valence-electron chi connectivity index (χ3n) is 4.58. The minimum atomic E-state index is -0.458. The first-order chi connectivity index (χ1) is 9.97. The Morgan fingerprint density at radius 3 is 2.62 bits per heavy atom. The van der Waals surface area contributed by atoms with Gasteiger partial charge < -0.3 is 11.1 Å². The SMILES string of the molecule is CCC1(NCc2cc(C(=O)Cl)cc(Br)c2N)CCCCC1. The van der Waals surface area contributed by atoms with E-state index in [4.69, 9.17) is 17.3 Å². The average Bonchev–Trinajstić information content (AvgIpc) is 2.49. The van der Waals surface area contributed by atoms with E-state index in [-0.39, 0.29) is 5.54 Å². The fourth-order valence-electron chi connectivity index (χ4n) is 3.10. The Hall–Kier alpha value is -0.580. The fraction of sp³-hybridized carbons (Fsp3) is 0.562. The first kappa shape index (κ1) is 16.8. The summed E-state index contributed by atoms with van der Waals surface area (Å²) in [4.78, 5) is 11.4. The first-order valence-corrected chi connectivity index (χ1v) is 8.67. The molecule has 0 radical (unpaired) electrons. The molecule has 0 amide bonds. The van der Waals surface area contributed by atoms with Crippen molar-refractivity contribution in [3.8, 4) is 0 Å². The van der Waals surface area contributed by atoms with Gasteiger partial charge in [0.15, 0.2) is 0 Å². The van der Waals surface area contributed by atoms with Crippen molar-refractivity contribution in [2.24, 2.45) is 0 Å². The quantitative estimate of drug-likeness (QED) is 0.585. The molecule has 0 bridgehead atoms. The second kappa shape index (κ2) is 7.12. The van der Waals surface area contributed by atoms with Crippen LogP contribution in [0, 0.1) is 0 Å². The van der Waals surface area contributed by atoms with Gasteiger partial charge in [0.25, 0.3) is 5.24 Å². The Bertz CT molecular complexity index is 527. The number of halogens is 2. The molecule has 0 spiro atoms. The molecule has 0 aliphatic heterocycles. The van der Waals surface area contributed by atoms with Gasteiger partial charge in [0.1, 0.15) is 0 Å². The van der Waals surface area contributed by atoms with E-state index in [2.05, 4.69) is 28.2 Å². The summed E-state index contributed by atoms with van der Waals surface area (Å²) in [6, 6.07) is 3.46. The number of anilines is 1. The molecule has 1 aromatic carbocycles. The van der Waals surface area contributed by atoms with Crippen molar-refractivity contribution in [2.75, 3.05) is 5.73 Å². The summed E-state index contributed by atoms with van der Waals surface area (Å²) < 4.78 is 0.722. The molecule has 116 valence electrons. The van der Waals surface area contributed by atoms with Crippen LogP contribution in [0.1, 0.15) is 61.4 Å². The van der Waals surface area contributed by atoms with E-state index in [1.807, 2.05) is 0 Å². The maximum absolute atomic E-state index is 11.4. The highest BCUT2D eigenvalue weighted by molar-refractivity contribution is 9.10. The molecule has 5 heteroatoms. The predicted octanol–water partition coefficient (Wildman–Crippen LogP) is 4.61. The maximum atomic E-state index is 11.4. The number of nitrogen functional groups attached to an aromatic ring is 1. The Kier molecular flexibility index (Phi) is 5.69. The zero-order chi connectivity index (χ0) is 15.5. The van der Waals surface area contributed by atoms with Crippen LogP contribution in [-0.4, -0.2) is 10.8 Å². The highest BCUT2D eigenvalue weighted by Gasteiger charge is 2.29. The van der Waals surface area contributed by atoms with E-state index in [1.165, 1.54) is 32.1 Å². The van der Waals surface area contributed by atoms with Gasteiger partial charge in [-0.3, -0.25) is 4.79 Å². The number of hydrogen-bond acceptors (Lipinski definition) is 3. The van der Waals surface area contributed by atoms with Crippen molar-refractivity contribution in [1.29, 1.82) is 0 Å². The fourth-order valence-corrected chi connectivity index (χ4v) is 3.71. The van der Waals surface area contributed by atoms with Crippen LogP contribution in [0.2, 0.25) is 0 Å². The molecule has 0 unspecified atom stereocenters. The van der Waals surface area contributed by atoms with Crippen LogP contribution in [0.15, 0.2) is 16.6 Å². The molecule has 0 atom stereocenters. The lowest BCUT2D eigenvalue weighted by Crippen LogP contribution is -2.45. The Morgan fingerprint density at radius 1 is 1.38 bits per heavy atom. The molecular weight excluding hydrogens is 352 g/mol. The third-order valence-corrected chi connectivity index (χ3v) is 5.46. The van der Waals surface area contributed by atoms with Gasteiger partial charge in [-0.05, 0) is 64.5 Å². The van der Waals surface area contributed by atoms with Gasteiger partial charge >= 0.3 is 0 Å². The summed E-state index contributed by atoms with van der Waals surface area (Å²) in [7, 11) is 0. The van der Waals surface area contributed by atoms with Gasteiger partial charge in [0.2, 0.25) is 0 Å². The van der Waals surface area contributed by atoms with E-state index in [9.17, 15) is 4.79 Å². The molecule has 1 fully saturated rings. The Balaban J connectivity index is 2.17. The molecule has 1 saturated carbocycles. The van der Waals surface area contributed by atoms with Crippen molar-refractivity contribution in [2.45, 2.75) is 57.5 Å². The van der Waals surface area contributed by atoms with E-state index in [0.29, 0.717) is 17.8 Å². The molecule has 1 aromatic rings. The van der Waals surface area contributed by atoms with Crippen molar-refractivity contribution >= 4 is 38.5 Å². The second-order valence-corrected chi connectivity index (χ2v) is 7.05. The number of nitrogens with two attached hydrogens (primary N) is 1. The average molecular weight is 374 g/mol. The number of benzene rings is 1. The van der Waals surface area contributed by atoms with Crippen LogP contribution in [0.4, 0.5) is 5.69 Å². The van der Waals surface area contributed by atoms with Crippen LogP contribution in [-0.2, 0) is 6.54 Å². The number of hydrogen-bond donors (Lipinski definition) is 2. The molecule has 21 heavy (non-hydrogen) atoms. The van der Waals surface area contributed by atoms with Crippen LogP contribution in [0.25, 0.3) is 0 Å². The molecule has 0 heterocycles. The number of carbonyl (C=O) groups excluding carboxylic acids is 1. The number of carbonyl (C=O) groups is 1. The maximum Gasteiger partial charge on any atom is 0.252 e. The van der Waals surface area contributed by atoms with Crippen LogP contribution >= 0.6 is 27.5 Å². The third kappa shape index (κ3) is 3.99. The lowest BCUT2D eigenvalue weighted by molar-refractivity contribution is 0.108. The summed E-state index contributed by atoms with van der Waals surface area (Å²) in [6.45, 7) is 2.90.